The largest absolute Gasteiger partial charge is 0.310 e. The molecule has 1 heteroatoms. The van der Waals surface area contributed by atoms with Crippen LogP contribution in [0.5, 0.6) is 0 Å². The van der Waals surface area contributed by atoms with E-state index in [0.717, 1.165) is 17.1 Å². The monoisotopic (exact) mass is 699 g/mol. The molecule has 0 atom stereocenters. The van der Waals surface area contributed by atoms with Gasteiger partial charge in [-0.05, 0) is 108 Å². The topological polar surface area (TPSA) is 3.24 Å². The molecule has 0 unspecified atom stereocenters. The lowest BCUT2D eigenvalue weighted by Crippen LogP contribution is -2.11. The summed E-state index contributed by atoms with van der Waals surface area (Å²) in [5.41, 5.74) is 12.9. The van der Waals surface area contributed by atoms with Crippen molar-refractivity contribution >= 4 is 49.4 Å². The summed E-state index contributed by atoms with van der Waals surface area (Å²) in [5.74, 6) is 0. The van der Waals surface area contributed by atoms with E-state index in [9.17, 15) is 0 Å². The second kappa shape index (κ2) is 14.0. The maximum Gasteiger partial charge on any atom is 0.0546 e. The Balaban J connectivity index is 1.16. The van der Waals surface area contributed by atoms with Gasteiger partial charge in [0.1, 0.15) is 0 Å². The fourth-order valence-electron chi connectivity index (χ4n) is 8.17. The molecule has 0 radical (unpaired) electrons. The van der Waals surface area contributed by atoms with Crippen LogP contribution in [0, 0.1) is 0 Å². The summed E-state index contributed by atoms with van der Waals surface area (Å²) in [5, 5.41) is 7.57. The Bertz CT molecular complexity index is 2940. The van der Waals surface area contributed by atoms with Crippen molar-refractivity contribution < 1.29 is 0 Å². The number of rotatable bonds is 7. The molecule has 0 heterocycles. The van der Waals surface area contributed by atoms with E-state index in [2.05, 4.69) is 229 Å². The first-order valence-electron chi connectivity index (χ1n) is 18.9. The molecule has 10 rings (SSSR count). The van der Waals surface area contributed by atoms with E-state index in [0.29, 0.717) is 0 Å². The second-order valence-corrected chi connectivity index (χ2v) is 14.1. The van der Waals surface area contributed by atoms with Gasteiger partial charge in [-0.3, -0.25) is 0 Å². The SMILES string of the molecule is c1ccc(-c2ccc(-c3ccccc3)c(N(c3ccc(-c4cccc5ccccc45)cc3)c3ccc(-c4cc5ccccc5c5ccccc45)cc3)c2)cc1. The maximum atomic E-state index is 2.42. The quantitative estimate of drug-likeness (QED) is 0.150. The van der Waals surface area contributed by atoms with Crippen LogP contribution in [0.25, 0.3) is 76.8 Å². The molecular formula is C54H37N. The molecule has 1 nitrogen and oxygen atoms in total. The summed E-state index contributed by atoms with van der Waals surface area (Å²) < 4.78 is 0. The van der Waals surface area contributed by atoms with Crippen LogP contribution >= 0.6 is 0 Å². The number of anilines is 3. The van der Waals surface area contributed by atoms with Gasteiger partial charge in [-0.15, -0.1) is 0 Å². The van der Waals surface area contributed by atoms with Crippen LogP contribution in [0.2, 0.25) is 0 Å². The fourth-order valence-corrected chi connectivity index (χ4v) is 8.17. The van der Waals surface area contributed by atoms with Crippen LogP contribution in [0.15, 0.2) is 224 Å². The molecule has 0 saturated heterocycles. The lowest BCUT2D eigenvalue weighted by atomic mass is 9.93. The highest BCUT2D eigenvalue weighted by atomic mass is 15.1. The van der Waals surface area contributed by atoms with Crippen LogP contribution in [0.4, 0.5) is 17.1 Å². The van der Waals surface area contributed by atoms with E-state index in [1.807, 2.05) is 0 Å². The van der Waals surface area contributed by atoms with Gasteiger partial charge in [0, 0.05) is 16.9 Å². The van der Waals surface area contributed by atoms with Gasteiger partial charge in [0.25, 0.3) is 0 Å². The minimum Gasteiger partial charge on any atom is -0.310 e. The minimum absolute atomic E-state index is 1.09. The molecule has 0 bridgehead atoms. The van der Waals surface area contributed by atoms with Gasteiger partial charge in [-0.25, -0.2) is 0 Å². The lowest BCUT2D eigenvalue weighted by molar-refractivity contribution is 1.28. The van der Waals surface area contributed by atoms with Gasteiger partial charge >= 0.3 is 0 Å². The molecule has 0 N–H and O–H groups in total. The zero-order chi connectivity index (χ0) is 36.6. The van der Waals surface area contributed by atoms with Crippen molar-refractivity contribution in [3.63, 3.8) is 0 Å². The van der Waals surface area contributed by atoms with E-state index in [1.54, 1.807) is 0 Å². The molecule has 0 aromatic heterocycles. The summed E-state index contributed by atoms with van der Waals surface area (Å²) >= 11 is 0. The molecule has 0 amide bonds. The predicted molar refractivity (Wildman–Crippen MR) is 235 cm³/mol. The standard InChI is InChI=1S/C54H37N/c1-3-14-38(15-4-1)43-30-35-50(40-16-5-2-6-17-40)54(37-43)55(45-31-26-41(27-32-45)48-25-13-20-39-18-7-9-21-47(39)48)46-33-28-42(29-34-46)53-36-44-19-8-10-22-49(44)51-23-11-12-24-52(51)53/h1-37H. The fraction of sp³-hybridized carbons (Fsp3) is 0. The van der Waals surface area contributed by atoms with Crippen molar-refractivity contribution in [3.05, 3.63) is 224 Å². The van der Waals surface area contributed by atoms with Gasteiger partial charge in [0.15, 0.2) is 0 Å². The predicted octanol–water partition coefficient (Wildman–Crippen LogP) is 15.3. The Morgan fingerprint density at radius 3 is 1.42 bits per heavy atom. The first-order chi connectivity index (χ1) is 27.3. The number of hydrogen-bond acceptors (Lipinski definition) is 1. The molecule has 55 heavy (non-hydrogen) atoms. The van der Waals surface area contributed by atoms with Gasteiger partial charge < -0.3 is 4.90 Å². The van der Waals surface area contributed by atoms with Crippen LogP contribution < -0.4 is 4.90 Å². The molecule has 0 saturated carbocycles. The van der Waals surface area contributed by atoms with E-state index in [-0.39, 0.29) is 0 Å². The number of nitrogens with zero attached hydrogens (tertiary/aromatic N) is 1. The Hall–Kier alpha value is -7.22. The average molecular weight is 700 g/mol. The summed E-state index contributed by atoms with van der Waals surface area (Å²) in [6.07, 6.45) is 0. The third-order valence-electron chi connectivity index (χ3n) is 10.9. The highest BCUT2D eigenvalue weighted by Crippen LogP contribution is 2.44. The minimum atomic E-state index is 1.09. The first kappa shape index (κ1) is 32.4. The zero-order valence-corrected chi connectivity index (χ0v) is 30.3. The van der Waals surface area contributed by atoms with E-state index >= 15 is 0 Å². The summed E-state index contributed by atoms with van der Waals surface area (Å²) in [7, 11) is 0. The zero-order valence-electron chi connectivity index (χ0n) is 30.3. The van der Waals surface area contributed by atoms with Crippen LogP contribution in [-0.2, 0) is 0 Å². The summed E-state index contributed by atoms with van der Waals surface area (Å²) in [6.45, 7) is 0. The number of hydrogen-bond donors (Lipinski definition) is 0. The number of benzene rings is 10. The van der Waals surface area contributed by atoms with E-state index in [4.69, 9.17) is 0 Å². The van der Waals surface area contributed by atoms with Crippen LogP contribution in [0.3, 0.4) is 0 Å². The van der Waals surface area contributed by atoms with Crippen molar-refractivity contribution in [3.8, 4) is 44.5 Å². The molecule has 258 valence electrons. The van der Waals surface area contributed by atoms with Gasteiger partial charge in [0.05, 0.1) is 5.69 Å². The molecule has 0 aliphatic heterocycles. The molecule has 10 aromatic carbocycles. The van der Waals surface area contributed by atoms with Crippen molar-refractivity contribution in [2.45, 2.75) is 0 Å². The molecule has 0 aliphatic rings. The Morgan fingerprint density at radius 1 is 0.236 bits per heavy atom. The smallest absolute Gasteiger partial charge is 0.0546 e. The molecule has 0 spiro atoms. The van der Waals surface area contributed by atoms with Gasteiger partial charge in [-0.2, -0.15) is 0 Å². The van der Waals surface area contributed by atoms with Crippen LogP contribution in [0.1, 0.15) is 0 Å². The molecular weight excluding hydrogens is 663 g/mol. The molecule has 10 aromatic rings. The summed E-state index contributed by atoms with van der Waals surface area (Å²) in [6, 6.07) is 81.5. The number of fused-ring (bicyclic) bond motifs is 4. The lowest BCUT2D eigenvalue weighted by Gasteiger charge is -2.29. The van der Waals surface area contributed by atoms with Crippen molar-refractivity contribution in [2.24, 2.45) is 0 Å². The van der Waals surface area contributed by atoms with Gasteiger partial charge in [-0.1, -0.05) is 188 Å². The normalized spacial score (nSPS) is 11.3. The van der Waals surface area contributed by atoms with Gasteiger partial charge in [0.2, 0.25) is 0 Å². The van der Waals surface area contributed by atoms with Crippen LogP contribution in [-0.4, -0.2) is 0 Å². The van der Waals surface area contributed by atoms with Crippen molar-refractivity contribution in [1.29, 1.82) is 0 Å². The highest BCUT2D eigenvalue weighted by Gasteiger charge is 2.20. The molecule has 0 fully saturated rings. The Morgan fingerprint density at radius 2 is 0.727 bits per heavy atom. The average Bonchev–Trinajstić information content (AvgIpc) is 3.27. The van der Waals surface area contributed by atoms with Crippen molar-refractivity contribution in [2.75, 3.05) is 4.90 Å². The highest BCUT2D eigenvalue weighted by molar-refractivity contribution is 6.13. The third kappa shape index (κ3) is 6.02. The van der Waals surface area contributed by atoms with E-state index < -0.39 is 0 Å². The first-order valence-corrected chi connectivity index (χ1v) is 18.9. The third-order valence-corrected chi connectivity index (χ3v) is 10.9. The van der Waals surface area contributed by atoms with Crippen molar-refractivity contribution in [1.82, 2.24) is 0 Å². The second-order valence-electron chi connectivity index (χ2n) is 14.1. The molecule has 0 aliphatic carbocycles. The Labute approximate surface area is 322 Å². The Kier molecular flexibility index (Phi) is 8.24. The summed E-state index contributed by atoms with van der Waals surface area (Å²) in [4.78, 5) is 2.42. The van der Waals surface area contributed by atoms with E-state index in [1.165, 1.54) is 76.8 Å². The maximum absolute atomic E-state index is 2.42.